The molecule has 5 heteroatoms. The van der Waals surface area contributed by atoms with Gasteiger partial charge in [-0.2, -0.15) is 0 Å². The summed E-state index contributed by atoms with van der Waals surface area (Å²) in [6.07, 6.45) is 1.22. The van der Waals surface area contributed by atoms with Crippen molar-refractivity contribution in [3.05, 3.63) is 49.0 Å². The molecule has 0 spiro atoms. The monoisotopic (exact) mass is 401 g/mol. The standard InChI is InChI=1S/C14H13Br2NOS/c15-10-1-2-13-9(5-10)6-11(18-13)7-17-8-14-12(16)3-4-19-14/h1-5,11,17H,6-8H2. The lowest BCUT2D eigenvalue weighted by Crippen LogP contribution is -2.29. The van der Waals surface area contributed by atoms with E-state index in [9.17, 15) is 0 Å². The molecule has 1 aliphatic heterocycles. The van der Waals surface area contributed by atoms with Gasteiger partial charge in [-0.1, -0.05) is 15.9 Å². The first-order valence-corrected chi connectivity index (χ1v) is 8.56. The van der Waals surface area contributed by atoms with Crippen LogP contribution in [0, 0.1) is 0 Å². The molecule has 1 aromatic carbocycles. The van der Waals surface area contributed by atoms with Crippen LogP contribution in [0.25, 0.3) is 0 Å². The van der Waals surface area contributed by atoms with E-state index in [1.54, 1.807) is 11.3 Å². The molecule has 2 heterocycles. The second kappa shape index (κ2) is 5.95. The zero-order chi connectivity index (χ0) is 13.2. The summed E-state index contributed by atoms with van der Waals surface area (Å²) in [6.45, 7) is 1.76. The smallest absolute Gasteiger partial charge is 0.123 e. The van der Waals surface area contributed by atoms with Gasteiger partial charge in [0.1, 0.15) is 11.9 Å². The number of hydrogen-bond acceptors (Lipinski definition) is 3. The Morgan fingerprint density at radius 1 is 1.32 bits per heavy atom. The number of thiophene rings is 1. The minimum Gasteiger partial charge on any atom is -0.488 e. The van der Waals surface area contributed by atoms with Crippen molar-refractivity contribution in [2.45, 2.75) is 19.1 Å². The second-order valence-electron chi connectivity index (χ2n) is 4.52. The van der Waals surface area contributed by atoms with Crippen molar-refractivity contribution in [3.63, 3.8) is 0 Å². The molecule has 0 bridgehead atoms. The number of benzene rings is 1. The van der Waals surface area contributed by atoms with Gasteiger partial charge in [-0.25, -0.2) is 0 Å². The maximum atomic E-state index is 5.92. The normalized spacial score (nSPS) is 17.3. The van der Waals surface area contributed by atoms with Crippen molar-refractivity contribution in [1.29, 1.82) is 0 Å². The van der Waals surface area contributed by atoms with Crippen LogP contribution in [-0.2, 0) is 13.0 Å². The summed E-state index contributed by atoms with van der Waals surface area (Å²) in [5.41, 5.74) is 1.29. The van der Waals surface area contributed by atoms with Gasteiger partial charge in [-0.15, -0.1) is 11.3 Å². The van der Waals surface area contributed by atoms with Crippen LogP contribution in [0.2, 0.25) is 0 Å². The van der Waals surface area contributed by atoms with E-state index in [0.29, 0.717) is 0 Å². The minimum atomic E-state index is 0.239. The molecule has 2 aromatic rings. The zero-order valence-corrected chi connectivity index (χ0v) is 14.1. The summed E-state index contributed by atoms with van der Waals surface area (Å²) in [4.78, 5) is 1.33. The molecule has 0 aliphatic carbocycles. The van der Waals surface area contributed by atoms with Gasteiger partial charge < -0.3 is 10.1 Å². The molecular weight excluding hydrogens is 390 g/mol. The lowest BCUT2D eigenvalue weighted by Gasteiger charge is -2.11. The first kappa shape index (κ1) is 13.6. The lowest BCUT2D eigenvalue weighted by molar-refractivity contribution is 0.227. The molecule has 2 nitrogen and oxygen atoms in total. The zero-order valence-electron chi connectivity index (χ0n) is 10.2. The topological polar surface area (TPSA) is 21.3 Å². The number of nitrogens with one attached hydrogen (secondary N) is 1. The quantitative estimate of drug-likeness (QED) is 0.819. The van der Waals surface area contributed by atoms with Crippen LogP contribution in [0.5, 0.6) is 5.75 Å². The van der Waals surface area contributed by atoms with E-state index in [0.717, 1.165) is 29.7 Å². The fraction of sp³-hybridized carbons (Fsp3) is 0.286. The van der Waals surface area contributed by atoms with E-state index in [1.165, 1.54) is 14.9 Å². The van der Waals surface area contributed by atoms with E-state index >= 15 is 0 Å². The third kappa shape index (κ3) is 3.21. The van der Waals surface area contributed by atoms with Gasteiger partial charge >= 0.3 is 0 Å². The highest BCUT2D eigenvalue weighted by atomic mass is 79.9. The van der Waals surface area contributed by atoms with Gasteiger partial charge in [0, 0.05) is 33.3 Å². The molecule has 1 unspecified atom stereocenters. The summed E-state index contributed by atoms with van der Waals surface area (Å²) < 4.78 is 8.22. The van der Waals surface area contributed by atoms with Gasteiger partial charge in [-0.05, 0) is 51.1 Å². The molecule has 1 aromatic heterocycles. The fourth-order valence-corrected chi connectivity index (χ4v) is 4.07. The Kier molecular flexibility index (Phi) is 4.27. The maximum Gasteiger partial charge on any atom is 0.123 e. The second-order valence-corrected chi connectivity index (χ2v) is 7.29. The van der Waals surface area contributed by atoms with Crippen molar-refractivity contribution >= 4 is 43.2 Å². The average Bonchev–Trinajstić information content (AvgIpc) is 2.95. The van der Waals surface area contributed by atoms with Crippen LogP contribution < -0.4 is 10.1 Å². The predicted octanol–water partition coefficient (Wildman–Crippen LogP) is 4.37. The van der Waals surface area contributed by atoms with Crippen molar-refractivity contribution in [2.24, 2.45) is 0 Å². The first-order valence-electron chi connectivity index (χ1n) is 6.10. The van der Waals surface area contributed by atoms with Crippen LogP contribution in [0.4, 0.5) is 0 Å². The lowest BCUT2D eigenvalue weighted by atomic mass is 10.1. The van der Waals surface area contributed by atoms with E-state index in [-0.39, 0.29) is 6.10 Å². The van der Waals surface area contributed by atoms with Crippen molar-refractivity contribution < 1.29 is 4.74 Å². The Hall–Kier alpha value is -0.360. The fourth-order valence-electron chi connectivity index (χ4n) is 2.20. The maximum absolute atomic E-state index is 5.92. The van der Waals surface area contributed by atoms with Gasteiger partial charge in [0.25, 0.3) is 0 Å². The molecule has 3 rings (SSSR count). The Morgan fingerprint density at radius 2 is 2.21 bits per heavy atom. The highest BCUT2D eigenvalue weighted by molar-refractivity contribution is 9.10. The Labute approximate surface area is 133 Å². The largest absolute Gasteiger partial charge is 0.488 e. The average molecular weight is 403 g/mol. The highest BCUT2D eigenvalue weighted by Gasteiger charge is 2.22. The van der Waals surface area contributed by atoms with Crippen LogP contribution in [0.1, 0.15) is 10.4 Å². The van der Waals surface area contributed by atoms with Crippen molar-refractivity contribution in [2.75, 3.05) is 6.54 Å². The van der Waals surface area contributed by atoms with Crippen LogP contribution >= 0.6 is 43.2 Å². The Balaban J connectivity index is 1.52. The molecular formula is C14H13Br2NOS. The molecule has 1 N–H and O–H groups in total. The number of fused-ring (bicyclic) bond motifs is 1. The molecule has 1 aliphatic rings. The molecule has 0 saturated heterocycles. The molecule has 100 valence electrons. The van der Waals surface area contributed by atoms with Gasteiger partial charge in [0.15, 0.2) is 0 Å². The number of hydrogen-bond donors (Lipinski definition) is 1. The van der Waals surface area contributed by atoms with Gasteiger partial charge in [0.05, 0.1) is 0 Å². The van der Waals surface area contributed by atoms with E-state index in [1.807, 2.05) is 12.1 Å². The third-order valence-electron chi connectivity index (χ3n) is 3.11. The van der Waals surface area contributed by atoms with Gasteiger partial charge in [0.2, 0.25) is 0 Å². The van der Waals surface area contributed by atoms with Crippen molar-refractivity contribution in [3.8, 4) is 5.75 Å². The van der Waals surface area contributed by atoms with E-state index in [4.69, 9.17) is 4.74 Å². The van der Waals surface area contributed by atoms with Crippen LogP contribution in [0.15, 0.2) is 38.6 Å². The minimum absolute atomic E-state index is 0.239. The highest BCUT2D eigenvalue weighted by Crippen LogP contribution is 2.31. The number of ether oxygens (including phenoxy) is 1. The first-order chi connectivity index (χ1) is 9.22. The predicted molar refractivity (Wildman–Crippen MR) is 86.0 cm³/mol. The van der Waals surface area contributed by atoms with Crippen LogP contribution in [0.3, 0.4) is 0 Å². The van der Waals surface area contributed by atoms with E-state index in [2.05, 4.69) is 54.7 Å². The summed E-state index contributed by atoms with van der Waals surface area (Å²) >= 11 is 8.81. The Bertz CT molecular complexity index is 585. The molecule has 19 heavy (non-hydrogen) atoms. The molecule has 0 saturated carbocycles. The molecule has 0 amide bonds. The number of halogens is 2. The van der Waals surface area contributed by atoms with Gasteiger partial charge in [-0.3, -0.25) is 0 Å². The third-order valence-corrected chi connectivity index (χ3v) is 5.53. The molecule has 0 fully saturated rings. The van der Waals surface area contributed by atoms with E-state index < -0.39 is 0 Å². The summed E-state index contributed by atoms with van der Waals surface area (Å²) in [5, 5.41) is 5.56. The van der Waals surface area contributed by atoms with Crippen LogP contribution in [-0.4, -0.2) is 12.6 Å². The SMILES string of the molecule is Brc1ccc2c(c1)CC(CNCc1sccc1Br)O2. The number of rotatable bonds is 4. The molecule has 0 radical (unpaired) electrons. The summed E-state index contributed by atoms with van der Waals surface area (Å²) in [7, 11) is 0. The summed E-state index contributed by atoms with van der Waals surface area (Å²) in [5.74, 6) is 1.02. The molecule has 1 atom stereocenters. The summed E-state index contributed by atoms with van der Waals surface area (Å²) in [6, 6.07) is 8.29. The van der Waals surface area contributed by atoms with Crippen molar-refractivity contribution in [1.82, 2.24) is 5.32 Å². The Morgan fingerprint density at radius 3 is 3.00 bits per heavy atom.